The summed E-state index contributed by atoms with van der Waals surface area (Å²) in [6, 6.07) is 3.90. The SMILES string of the molecule is CC(C)=NO[Si](C)(C)ON=C(C)C.CCCC[Si](CCCC)(CCCC)ON=C(CC)CC. The maximum Gasteiger partial charge on any atom is 0.503 e. The molecule has 0 radical (unpaired) electrons. The van der Waals surface area contributed by atoms with Crippen LogP contribution in [0, 0.1) is 0 Å². The van der Waals surface area contributed by atoms with Gasteiger partial charge in [-0.05, 0) is 58.7 Å². The maximum atomic E-state index is 6.31. The Hall–Kier alpha value is -1.16. The summed E-state index contributed by atoms with van der Waals surface area (Å²) in [5.41, 5.74) is 2.98. The molecule has 196 valence electrons. The van der Waals surface area contributed by atoms with E-state index in [0.717, 1.165) is 24.3 Å². The minimum Gasteiger partial charge on any atom is -0.455 e. The highest BCUT2D eigenvalue weighted by Gasteiger charge is 2.36. The van der Waals surface area contributed by atoms with Crippen LogP contribution in [0.2, 0.25) is 31.2 Å². The van der Waals surface area contributed by atoms with Crippen LogP contribution >= 0.6 is 0 Å². The maximum absolute atomic E-state index is 6.31. The van der Waals surface area contributed by atoms with Gasteiger partial charge in [-0.2, -0.15) is 0 Å². The van der Waals surface area contributed by atoms with Crippen molar-refractivity contribution >= 4 is 34.0 Å². The number of hydrogen-bond donors (Lipinski definition) is 0. The molecule has 0 unspecified atom stereocenters. The molecule has 0 bridgehead atoms. The number of hydrogen-bond acceptors (Lipinski definition) is 6. The van der Waals surface area contributed by atoms with Crippen molar-refractivity contribution in [2.75, 3.05) is 0 Å². The van der Waals surface area contributed by atoms with Crippen molar-refractivity contribution in [1.82, 2.24) is 0 Å². The molecule has 0 spiro atoms. The Labute approximate surface area is 208 Å². The predicted molar refractivity (Wildman–Crippen MR) is 151 cm³/mol. The van der Waals surface area contributed by atoms with Gasteiger partial charge in [0.1, 0.15) is 0 Å². The van der Waals surface area contributed by atoms with Crippen LogP contribution in [0.3, 0.4) is 0 Å². The number of nitrogens with zero attached hydrogens (tertiary/aromatic N) is 3. The lowest BCUT2D eigenvalue weighted by Crippen LogP contribution is -2.36. The average Bonchev–Trinajstić information content (AvgIpc) is 2.78. The third kappa shape index (κ3) is 20.0. The average molecular weight is 502 g/mol. The largest absolute Gasteiger partial charge is 0.503 e. The van der Waals surface area contributed by atoms with Gasteiger partial charge in [0.2, 0.25) is 0 Å². The lowest BCUT2D eigenvalue weighted by Gasteiger charge is -2.29. The van der Waals surface area contributed by atoms with Crippen molar-refractivity contribution in [3.8, 4) is 0 Å². The molecule has 0 rings (SSSR count). The first kappa shape index (κ1) is 34.0. The first-order valence-corrected chi connectivity index (χ1v) is 18.5. The standard InChI is InChI=1S/C17H37NOSi.C8H18N2O2Si/c1-6-11-14-20(15-12-7-2,16-13-8-3)19-18-17(9-4)10-5;1-7(2)9-11-13(5,6)12-10-8(3)4/h6-16H2,1-5H3;1-6H3. The van der Waals surface area contributed by atoms with Crippen molar-refractivity contribution < 1.29 is 13.6 Å². The normalized spacial score (nSPS) is 11.0. The summed E-state index contributed by atoms with van der Waals surface area (Å²) < 4.78 is 16.8. The summed E-state index contributed by atoms with van der Waals surface area (Å²) in [6.45, 7) is 22.5. The molecule has 0 N–H and O–H groups in total. The van der Waals surface area contributed by atoms with Gasteiger partial charge in [0, 0.05) is 24.5 Å². The molecule has 0 saturated heterocycles. The number of oxime groups is 3. The molecular formula is C25H55N3O3Si2. The Morgan fingerprint density at radius 3 is 1.21 bits per heavy atom. The Morgan fingerprint density at radius 2 is 0.939 bits per heavy atom. The molecular weight excluding hydrogens is 446 g/mol. The molecule has 0 amide bonds. The zero-order valence-corrected chi connectivity index (χ0v) is 25.8. The molecule has 8 heteroatoms. The fourth-order valence-electron chi connectivity index (χ4n) is 2.97. The lowest BCUT2D eigenvalue weighted by molar-refractivity contribution is 0.192. The second kappa shape index (κ2) is 20.2. The summed E-state index contributed by atoms with van der Waals surface area (Å²) >= 11 is 0. The summed E-state index contributed by atoms with van der Waals surface area (Å²) in [5.74, 6) is 0. The molecule has 0 atom stereocenters. The molecule has 0 fully saturated rings. The Balaban J connectivity index is 0. The molecule has 0 aliphatic carbocycles. The van der Waals surface area contributed by atoms with Gasteiger partial charge >= 0.3 is 8.56 Å². The van der Waals surface area contributed by atoms with Gasteiger partial charge in [-0.15, -0.1) is 15.5 Å². The molecule has 6 nitrogen and oxygen atoms in total. The number of rotatable bonds is 17. The minimum absolute atomic E-state index is 0.876. The second-order valence-corrected chi connectivity index (χ2v) is 16.8. The van der Waals surface area contributed by atoms with Gasteiger partial charge < -0.3 is 13.6 Å². The van der Waals surface area contributed by atoms with Gasteiger partial charge in [-0.3, -0.25) is 0 Å². The van der Waals surface area contributed by atoms with E-state index in [1.807, 2.05) is 40.8 Å². The van der Waals surface area contributed by atoms with Gasteiger partial charge in [0.15, 0.2) is 0 Å². The van der Waals surface area contributed by atoms with Gasteiger partial charge in [-0.25, -0.2) is 0 Å². The Morgan fingerprint density at radius 1 is 0.576 bits per heavy atom. The molecule has 0 aromatic carbocycles. The zero-order chi connectivity index (χ0) is 25.8. The van der Waals surface area contributed by atoms with E-state index in [-0.39, 0.29) is 0 Å². The van der Waals surface area contributed by atoms with Crippen LogP contribution in [0.4, 0.5) is 0 Å². The lowest BCUT2D eigenvalue weighted by atomic mass is 10.2. The van der Waals surface area contributed by atoms with Crippen molar-refractivity contribution in [2.24, 2.45) is 15.5 Å². The highest BCUT2D eigenvalue weighted by molar-refractivity contribution is 6.73. The first-order valence-electron chi connectivity index (χ1n) is 13.1. The first-order chi connectivity index (χ1) is 15.5. The van der Waals surface area contributed by atoms with E-state index >= 15 is 0 Å². The molecule has 0 saturated carbocycles. The highest BCUT2D eigenvalue weighted by atomic mass is 28.4. The van der Waals surface area contributed by atoms with Crippen LogP contribution in [0.1, 0.15) is 114 Å². The Kier molecular flexibility index (Phi) is 20.9. The predicted octanol–water partition coefficient (Wildman–Crippen LogP) is 9.04. The smallest absolute Gasteiger partial charge is 0.455 e. The molecule has 0 aromatic heterocycles. The van der Waals surface area contributed by atoms with Crippen LogP contribution < -0.4 is 0 Å². The van der Waals surface area contributed by atoms with Crippen molar-refractivity contribution in [3.05, 3.63) is 0 Å². The topological polar surface area (TPSA) is 64.8 Å². The van der Waals surface area contributed by atoms with Crippen LogP contribution in [0.15, 0.2) is 15.5 Å². The van der Waals surface area contributed by atoms with Crippen molar-refractivity contribution in [2.45, 2.75) is 145 Å². The summed E-state index contributed by atoms with van der Waals surface area (Å²) in [6.07, 6.45) is 9.79. The fourth-order valence-corrected chi connectivity index (χ4v) is 8.15. The van der Waals surface area contributed by atoms with E-state index in [9.17, 15) is 0 Å². The minimum atomic E-state index is -2.20. The zero-order valence-electron chi connectivity index (χ0n) is 23.8. The quantitative estimate of drug-likeness (QED) is 0.113. The van der Waals surface area contributed by atoms with E-state index in [2.05, 4.69) is 50.1 Å². The third-order valence-electron chi connectivity index (χ3n) is 5.04. The van der Waals surface area contributed by atoms with Crippen LogP contribution in [-0.2, 0) is 13.6 Å². The molecule has 0 heterocycles. The van der Waals surface area contributed by atoms with Gasteiger partial charge in [0.05, 0.1) is 5.71 Å². The summed E-state index contributed by atoms with van der Waals surface area (Å²) in [4.78, 5) is 0. The second-order valence-electron chi connectivity index (χ2n) is 9.61. The van der Waals surface area contributed by atoms with E-state index in [1.165, 1.54) is 62.4 Å². The summed E-state index contributed by atoms with van der Waals surface area (Å²) in [7, 11) is -3.85. The van der Waals surface area contributed by atoms with E-state index in [1.54, 1.807) is 0 Å². The summed E-state index contributed by atoms with van der Waals surface area (Å²) in [5, 5.41) is 12.3. The fraction of sp³-hybridized carbons (Fsp3) is 0.880. The van der Waals surface area contributed by atoms with E-state index < -0.39 is 16.9 Å². The molecule has 0 aliphatic rings. The highest BCUT2D eigenvalue weighted by Crippen LogP contribution is 2.30. The van der Waals surface area contributed by atoms with Crippen molar-refractivity contribution in [1.29, 1.82) is 0 Å². The molecule has 0 aliphatic heterocycles. The van der Waals surface area contributed by atoms with Crippen LogP contribution in [0.5, 0.6) is 0 Å². The van der Waals surface area contributed by atoms with Gasteiger partial charge in [0.25, 0.3) is 8.32 Å². The third-order valence-corrected chi connectivity index (χ3v) is 10.4. The van der Waals surface area contributed by atoms with E-state index in [4.69, 9.17) is 13.6 Å². The molecule has 0 aromatic rings. The van der Waals surface area contributed by atoms with Crippen molar-refractivity contribution in [3.63, 3.8) is 0 Å². The van der Waals surface area contributed by atoms with Crippen LogP contribution in [0.25, 0.3) is 0 Å². The molecule has 33 heavy (non-hydrogen) atoms. The Bertz CT molecular complexity index is 521. The van der Waals surface area contributed by atoms with Crippen LogP contribution in [-0.4, -0.2) is 34.0 Å². The van der Waals surface area contributed by atoms with E-state index in [0.29, 0.717) is 0 Å². The number of unbranched alkanes of at least 4 members (excludes halogenated alkanes) is 3. The van der Waals surface area contributed by atoms with Gasteiger partial charge in [-0.1, -0.05) is 73.1 Å². The monoisotopic (exact) mass is 501 g/mol.